The predicted molar refractivity (Wildman–Crippen MR) is 75.8 cm³/mol. The summed E-state index contributed by atoms with van der Waals surface area (Å²) in [6, 6.07) is 4.80. The molecule has 104 valence electrons. The van der Waals surface area contributed by atoms with E-state index in [-0.39, 0.29) is 11.3 Å². The Morgan fingerprint density at radius 2 is 2.26 bits per heavy atom. The van der Waals surface area contributed by atoms with Crippen LogP contribution in [0.4, 0.5) is 4.39 Å². The molecule has 1 aromatic carbocycles. The van der Waals surface area contributed by atoms with Crippen LogP contribution < -0.4 is 0 Å². The van der Waals surface area contributed by atoms with E-state index in [0.717, 1.165) is 12.8 Å². The summed E-state index contributed by atoms with van der Waals surface area (Å²) in [7, 11) is 1.55. The van der Waals surface area contributed by atoms with Gasteiger partial charge >= 0.3 is 0 Å². The van der Waals surface area contributed by atoms with Crippen LogP contribution in [-0.4, -0.2) is 18.5 Å². The molecule has 0 saturated heterocycles. The highest BCUT2D eigenvalue weighted by Crippen LogP contribution is 2.38. The first-order valence-corrected chi connectivity index (χ1v) is 7.33. The van der Waals surface area contributed by atoms with Gasteiger partial charge in [-0.05, 0) is 53.2 Å². The summed E-state index contributed by atoms with van der Waals surface area (Å²) in [6.45, 7) is 2.11. The van der Waals surface area contributed by atoms with E-state index in [1.165, 1.54) is 6.07 Å². The number of ketones is 1. The SMILES string of the molecule is COC1(C(=O)c2cccc(Br)c2F)CCCC(C)C1. The van der Waals surface area contributed by atoms with E-state index >= 15 is 0 Å². The van der Waals surface area contributed by atoms with Gasteiger partial charge in [-0.25, -0.2) is 4.39 Å². The van der Waals surface area contributed by atoms with Crippen LogP contribution >= 0.6 is 15.9 Å². The highest BCUT2D eigenvalue weighted by molar-refractivity contribution is 9.10. The van der Waals surface area contributed by atoms with E-state index in [4.69, 9.17) is 4.74 Å². The molecule has 1 fully saturated rings. The molecule has 2 rings (SSSR count). The van der Waals surface area contributed by atoms with Crippen molar-refractivity contribution in [2.45, 2.75) is 38.2 Å². The third-order valence-electron chi connectivity index (χ3n) is 3.96. The van der Waals surface area contributed by atoms with E-state index in [1.807, 2.05) is 0 Å². The van der Waals surface area contributed by atoms with Crippen molar-refractivity contribution in [3.05, 3.63) is 34.1 Å². The third-order valence-corrected chi connectivity index (χ3v) is 4.57. The molecule has 19 heavy (non-hydrogen) atoms. The van der Waals surface area contributed by atoms with Crippen molar-refractivity contribution in [2.75, 3.05) is 7.11 Å². The van der Waals surface area contributed by atoms with Crippen LogP contribution in [0.3, 0.4) is 0 Å². The summed E-state index contributed by atoms with van der Waals surface area (Å²) >= 11 is 3.12. The fraction of sp³-hybridized carbons (Fsp3) is 0.533. The smallest absolute Gasteiger partial charge is 0.197 e. The van der Waals surface area contributed by atoms with Crippen LogP contribution in [0.1, 0.15) is 43.0 Å². The fourth-order valence-electron chi connectivity index (χ4n) is 2.91. The largest absolute Gasteiger partial charge is 0.370 e. The minimum atomic E-state index is -0.862. The van der Waals surface area contributed by atoms with Gasteiger partial charge in [0.2, 0.25) is 0 Å². The highest BCUT2D eigenvalue weighted by atomic mass is 79.9. The number of hydrogen-bond donors (Lipinski definition) is 0. The number of benzene rings is 1. The van der Waals surface area contributed by atoms with Gasteiger partial charge in [0, 0.05) is 7.11 Å². The molecule has 0 aromatic heterocycles. The Bertz CT molecular complexity index is 489. The molecule has 0 amide bonds. The quantitative estimate of drug-likeness (QED) is 0.770. The summed E-state index contributed by atoms with van der Waals surface area (Å²) in [6.07, 6.45) is 3.36. The standard InChI is InChI=1S/C15H18BrFO2/c1-10-5-4-8-15(9-10,19-2)14(18)11-6-3-7-12(16)13(11)17/h3,6-7,10H,4-5,8-9H2,1-2H3. The van der Waals surface area contributed by atoms with Crippen LogP contribution in [0.25, 0.3) is 0 Å². The molecular formula is C15H18BrFO2. The summed E-state index contributed by atoms with van der Waals surface area (Å²) < 4.78 is 19.9. The Kier molecular flexibility index (Phi) is 4.41. The number of hydrogen-bond acceptors (Lipinski definition) is 2. The Labute approximate surface area is 121 Å². The van der Waals surface area contributed by atoms with Crippen molar-refractivity contribution in [1.82, 2.24) is 0 Å². The number of rotatable bonds is 3. The van der Waals surface area contributed by atoms with Gasteiger partial charge in [-0.3, -0.25) is 4.79 Å². The minimum Gasteiger partial charge on any atom is -0.370 e. The number of carbonyl (C=O) groups excluding carboxylic acids is 1. The summed E-state index contributed by atoms with van der Waals surface area (Å²) in [5.41, 5.74) is -0.746. The zero-order chi connectivity index (χ0) is 14.0. The maximum atomic E-state index is 14.1. The molecule has 2 unspecified atom stereocenters. The van der Waals surface area contributed by atoms with Gasteiger partial charge in [0.15, 0.2) is 5.78 Å². The molecule has 0 radical (unpaired) electrons. The summed E-state index contributed by atoms with van der Waals surface area (Å²) in [5.74, 6) is -0.310. The second-order valence-corrected chi connectivity index (χ2v) is 6.18. The molecule has 4 heteroatoms. The minimum absolute atomic E-state index is 0.116. The second-order valence-electron chi connectivity index (χ2n) is 5.33. The van der Waals surface area contributed by atoms with Crippen LogP contribution in [0.5, 0.6) is 0 Å². The average molecular weight is 329 g/mol. The normalized spacial score (nSPS) is 27.3. The molecule has 1 aliphatic rings. The molecule has 2 nitrogen and oxygen atoms in total. The van der Waals surface area contributed by atoms with Crippen molar-refractivity contribution in [3.63, 3.8) is 0 Å². The van der Waals surface area contributed by atoms with Crippen molar-refractivity contribution in [2.24, 2.45) is 5.92 Å². The van der Waals surface area contributed by atoms with Crippen molar-refractivity contribution in [1.29, 1.82) is 0 Å². The first-order valence-electron chi connectivity index (χ1n) is 6.54. The van der Waals surface area contributed by atoms with E-state index < -0.39 is 11.4 Å². The Morgan fingerprint density at radius 1 is 1.53 bits per heavy atom. The second kappa shape index (κ2) is 5.71. The van der Waals surface area contributed by atoms with E-state index in [1.54, 1.807) is 19.2 Å². The lowest BCUT2D eigenvalue weighted by molar-refractivity contribution is -0.0305. The van der Waals surface area contributed by atoms with Crippen molar-refractivity contribution in [3.8, 4) is 0 Å². The average Bonchev–Trinajstić information content (AvgIpc) is 2.41. The molecule has 1 saturated carbocycles. The van der Waals surface area contributed by atoms with Gasteiger partial charge in [-0.2, -0.15) is 0 Å². The zero-order valence-electron chi connectivity index (χ0n) is 11.2. The number of halogens is 2. The number of methoxy groups -OCH3 is 1. The van der Waals surface area contributed by atoms with E-state index in [9.17, 15) is 9.18 Å². The number of carbonyl (C=O) groups is 1. The number of ether oxygens (including phenoxy) is 1. The molecular weight excluding hydrogens is 311 g/mol. The molecule has 1 aliphatic carbocycles. The van der Waals surface area contributed by atoms with Crippen LogP contribution in [0.2, 0.25) is 0 Å². The van der Waals surface area contributed by atoms with Crippen LogP contribution in [0.15, 0.2) is 22.7 Å². The Morgan fingerprint density at radius 3 is 2.89 bits per heavy atom. The first kappa shape index (κ1) is 14.7. The molecule has 0 N–H and O–H groups in total. The van der Waals surface area contributed by atoms with Crippen LogP contribution in [0, 0.1) is 11.7 Å². The lowest BCUT2D eigenvalue weighted by Crippen LogP contribution is -2.45. The van der Waals surface area contributed by atoms with Crippen molar-refractivity contribution < 1.29 is 13.9 Å². The Hall–Kier alpha value is -0.740. The first-order chi connectivity index (χ1) is 9.00. The molecule has 0 aliphatic heterocycles. The summed E-state index contributed by atoms with van der Waals surface area (Å²) in [5, 5.41) is 0. The topological polar surface area (TPSA) is 26.3 Å². The lowest BCUT2D eigenvalue weighted by Gasteiger charge is -2.37. The molecule has 0 bridgehead atoms. The van der Waals surface area contributed by atoms with Gasteiger partial charge in [0.1, 0.15) is 11.4 Å². The third kappa shape index (κ3) is 2.75. The molecule has 0 heterocycles. The van der Waals surface area contributed by atoms with Crippen LogP contribution in [-0.2, 0) is 4.74 Å². The zero-order valence-corrected chi connectivity index (χ0v) is 12.8. The highest BCUT2D eigenvalue weighted by Gasteiger charge is 2.43. The van der Waals surface area contributed by atoms with Crippen molar-refractivity contribution >= 4 is 21.7 Å². The maximum Gasteiger partial charge on any atom is 0.197 e. The van der Waals surface area contributed by atoms with E-state index in [0.29, 0.717) is 23.2 Å². The van der Waals surface area contributed by atoms with Gasteiger partial charge < -0.3 is 4.74 Å². The Balaban J connectivity index is 2.38. The maximum absolute atomic E-state index is 14.1. The fourth-order valence-corrected chi connectivity index (χ4v) is 3.28. The summed E-state index contributed by atoms with van der Waals surface area (Å²) in [4.78, 5) is 12.7. The van der Waals surface area contributed by atoms with Gasteiger partial charge in [0.05, 0.1) is 10.0 Å². The monoisotopic (exact) mass is 328 g/mol. The molecule has 0 spiro atoms. The van der Waals surface area contributed by atoms with Gasteiger partial charge in [0.25, 0.3) is 0 Å². The lowest BCUT2D eigenvalue weighted by atomic mass is 9.75. The van der Waals surface area contributed by atoms with Gasteiger partial charge in [-0.15, -0.1) is 0 Å². The molecule has 1 aromatic rings. The number of Topliss-reactive ketones (excluding diaryl/α,β-unsaturated/α-hetero) is 1. The molecule has 2 atom stereocenters. The van der Waals surface area contributed by atoms with Gasteiger partial charge in [-0.1, -0.05) is 19.4 Å². The predicted octanol–water partition coefficient (Wildman–Crippen LogP) is 4.37. The van der Waals surface area contributed by atoms with E-state index in [2.05, 4.69) is 22.9 Å².